The van der Waals surface area contributed by atoms with Gasteiger partial charge in [0.1, 0.15) is 11.5 Å². The van der Waals surface area contributed by atoms with Crippen LogP contribution in [0.15, 0.2) is 47.6 Å². The Morgan fingerprint density at radius 2 is 2.06 bits per heavy atom. The van der Waals surface area contributed by atoms with Crippen LogP contribution >= 0.6 is 0 Å². The molecule has 0 aliphatic carbocycles. The molecule has 0 fully saturated rings. The van der Waals surface area contributed by atoms with E-state index in [-0.39, 0.29) is 24.7 Å². The maximum atomic E-state index is 12.6. The minimum absolute atomic E-state index is 0.0247. The third-order valence-electron chi connectivity index (χ3n) is 4.42. The topological polar surface area (TPSA) is 88.1 Å². The molecule has 0 unspecified atom stereocenters. The Balaban J connectivity index is 1.86. The Bertz CT molecular complexity index is 865. The molecule has 0 aliphatic heterocycles. The molecule has 8 nitrogen and oxygen atoms in total. The fraction of sp³-hybridized carbons (Fsp3) is 0.381. The van der Waals surface area contributed by atoms with E-state index in [9.17, 15) is 13.6 Å². The van der Waals surface area contributed by atoms with Crippen molar-refractivity contribution in [1.29, 1.82) is 0 Å². The average Bonchev–Trinajstić information content (AvgIpc) is 2.78. The highest BCUT2D eigenvalue weighted by Crippen LogP contribution is 2.25. The predicted octanol–water partition coefficient (Wildman–Crippen LogP) is 2.06. The van der Waals surface area contributed by atoms with Gasteiger partial charge in [-0.05, 0) is 30.3 Å². The van der Waals surface area contributed by atoms with Crippen molar-refractivity contribution in [3.8, 4) is 11.5 Å². The van der Waals surface area contributed by atoms with Crippen LogP contribution in [0.2, 0.25) is 0 Å². The standard InChI is InChI=1S/C21H27F2N5O3/c1-24-21(26-13-15-12-17(30-3)7-8-18(15)31-20(22)23)27-14-19(29)28(2)11-9-16-6-4-5-10-25-16/h4-8,10,12,20H,9,11,13-14H2,1-3H3,(H2,24,26,27). The van der Waals surface area contributed by atoms with Gasteiger partial charge in [-0.1, -0.05) is 6.07 Å². The number of carbonyl (C=O) groups is 1. The number of nitrogens with one attached hydrogen (secondary N) is 2. The smallest absolute Gasteiger partial charge is 0.387 e. The highest BCUT2D eigenvalue weighted by atomic mass is 19.3. The van der Waals surface area contributed by atoms with Crippen molar-refractivity contribution >= 4 is 11.9 Å². The minimum atomic E-state index is -2.94. The highest BCUT2D eigenvalue weighted by molar-refractivity contribution is 5.86. The molecule has 31 heavy (non-hydrogen) atoms. The van der Waals surface area contributed by atoms with Gasteiger partial charge in [-0.25, -0.2) is 0 Å². The molecule has 0 atom stereocenters. The molecule has 10 heteroatoms. The van der Waals surface area contributed by atoms with Crippen LogP contribution in [0.5, 0.6) is 11.5 Å². The molecule has 0 saturated heterocycles. The molecule has 0 radical (unpaired) electrons. The zero-order valence-electron chi connectivity index (χ0n) is 17.8. The molecular formula is C21H27F2N5O3. The van der Waals surface area contributed by atoms with Crippen LogP contribution in [-0.2, 0) is 17.8 Å². The highest BCUT2D eigenvalue weighted by Gasteiger charge is 2.13. The van der Waals surface area contributed by atoms with Crippen molar-refractivity contribution in [3.05, 3.63) is 53.9 Å². The van der Waals surface area contributed by atoms with E-state index in [1.807, 2.05) is 18.2 Å². The number of carbonyl (C=O) groups excluding carboxylic acids is 1. The second-order valence-electron chi connectivity index (χ2n) is 6.52. The van der Waals surface area contributed by atoms with Crippen molar-refractivity contribution in [2.24, 2.45) is 4.99 Å². The predicted molar refractivity (Wildman–Crippen MR) is 113 cm³/mol. The molecule has 1 aromatic carbocycles. The van der Waals surface area contributed by atoms with E-state index in [0.29, 0.717) is 30.2 Å². The van der Waals surface area contributed by atoms with E-state index in [2.05, 4.69) is 25.3 Å². The number of guanidine groups is 1. The van der Waals surface area contributed by atoms with Gasteiger partial charge in [0.05, 0.1) is 13.7 Å². The number of nitrogens with zero attached hydrogens (tertiary/aromatic N) is 3. The Morgan fingerprint density at radius 1 is 1.26 bits per heavy atom. The molecular weight excluding hydrogens is 408 g/mol. The van der Waals surface area contributed by atoms with E-state index in [1.54, 1.807) is 31.3 Å². The Morgan fingerprint density at radius 3 is 2.71 bits per heavy atom. The van der Waals surface area contributed by atoms with Crippen molar-refractivity contribution in [1.82, 2.24) is 20.5 Å². The zero-order chi connectivity index (χ0) is 22.6. The summed E-state index contributed by atoms with van der Waals surface area (Å²) in [5, 5.41) is 5.90. The second kappa shape index (κ2) is 12.3. The van der Waals surface area contributed by atoms with Crippen LogP contribution in [0.25, 0.3) is 0 Å². The van der Waals surface area contributed by atoms with E-state index < -0.39 is 6.61 Å². The number of aromatic nitrogens is 1. The number of hydrogen-bond donors (Lipinski definition) is 2. The normalized spacial score (nSPS) is 11.2. The summed E-state index contributed by atoms with van der Waals surface area (Å²) in [6.07, 6.45) is 2.37. The fourth-order valence-corrected chi connectivity index (χ4v) is 2.68. The first kappa shape index (κ1) is 23.8. The summed E-state index contributed by atoms with van der Waals surface area (Å²) in [4.78, 5) is 22.3. The first-order chi connectivity index (χ1) is 14.9. The van der Waals surface area contributed by atoms with Crippen LogP contribution in [0, 0.1) is 0 Å². The van der Waals surface area contributed by atoms with Gasteiger partial charge in [0.15, 0.2) is 5.96 Å². The maximum Gasteiger partial charge on any atom is 0.387 e. The van der Waals surface area contributed by atoms with E-state index in [0.717, 1.165) is 5.69 Å². The monoisotopic (exact) mass is 435 g/mol. The maximum absolute atomic E-state index is 12.6. The van der Waals surface area contributed by atoms with Crippen LogP contribution in [-0.4, -0.2) is 62.7 Å². The Hall–Kier alpha value is -3.43. The van der Waals surface area contributed by atoms with Gasteiger partial charge in [-0.3, -0.25) is 14.8 Å². The summed E-state index contributed by atoms with van der Waals surface area (Å²) >= 11 is 0. The molecule has 2 aromatic rings. The first-order valence-electron chi connectivity index (χ1n) is 9.63. The SMILES string of the molecule is CN=C(NCC(=O)N(C)CCc1ccccn1)NCc1cc(OC)ccc1OC(F)F. The van der Waals surface area contributed by atoms with Crippen molar-refractivity contribution in [3.63, 3.8) is 0 Å². The van der Waals surface area contributed by atoms with Crippen molar-refractivity contribution < 1.29 is 23.0 Å². The van der Waals surface area contributed by atoms with Gasteiger partial charge >= 0.3 is 6.61 Å². The van der Waals surface area contributed by atoms with Gasteiger partial charge in [-0.2, -0.15) is 8.78 Å². The zero-order valence-corrected chi connectivity index (χ0v) is 17.8. The summed E-state index contributed by atoms with van der Waals surface area (Å²) in [6.45, 7) is -2.25. The molecule has 0 saturated carbocycles. The molecule has 1 amide bonds. The van der Waals surface area contributed by atoms with Gasteiger partial charge in [0, 0.05) is 51.1 Å². The summed E-state index contributed by atoms with van der Waals surface area (Å²) in [6, 6.07) is 10.2. The molecule has 1 aromatic heterocycles. The Labute approximate surface area is 180 Å². The second-order valence-corrected chi connectivity index (χ2v) is 6.52. The largest absolute Gasteiger partial charge is 0.497 e. The van der Waals surface area contributed by atoms with Crippen molar-refractivity contribution in [2.75, 3.05) is 34.3 Å². The summed E-state index contributed by atoms with van der Waals surface area (Å²) in [5.41, 5.74) is 1.37. The molecule has 2 rings (SSSR count). The average molecular weight is 435 g/mol. The number of hydrogen-bond acceptors (Lipinski definition) is 5. The molecule has 0 bridgehead atoms. The van der Waals surface area contributed by atoms with Gasteiger partial charge < -0.3 is 25.0 Å². The summed E-state index contributed by atoms with van der Waals surface area (Å²) in [5.74, 6) is 0.759. The number of pyridine rings is 1. The lowest BCUT2D eigenvalue weighted by molar-refractivity contribution is -0.128. The molecule has 168 valence electrons. The van der Waals surface area contributed by atoms with Gasteiger partial charge in [0.25, 0.3) is 0 Å². The quantitative estimate of drug-likeness (QED) is 0.439. The Kier molecular flexibility index (Phi) is 9.47. The number of alkyl halides is 2. The third-order valence-corrected chi connectivity index (χ3v) is 4.42. The van der Waals surface area contributed by atoms with E-state index >= 15 is 0 Å². The number of benzene rings is 1. The molecule has 0 spiro atoms. The number of rotatable bonds is 10. The molecule has 2 N–H and O–H groups in total. The van der Waals surface area contributed by atoms with Crippen LogP contribution in [0.4, 0.5) is 8.78 Å². The fourth-order valence-electron chi connectivity index (χ4n) is 2.68. The number of aliphatic imine (C=N–C) groups is 1. The summed E-state index contributed by atoms with van der Waals surface area (Å²) in [7, 11) is 4.75. The van der Waals surface area contributed by atoms with Crippen LogP contribution < -0.4 is 20.1 Å². The first-order valence-corrected chi connectivity index (χ1v) is 9.63. The van der Waals surface area contributed by atoms with Gasteiger partial charge in [-0.15, -0.1) is 0 Å². The molecule has 1 heterocycles. The third kappa shape index (κ3) is 8.07. The number of methoxy groups -OCH3 is 1. The number of amides is 1. The van der Waals surface area contributed by atoms with Crippen molar-refractivity contribution in [2.45, 2.75) is 19.6 Å². The lowest BCUT2D eigenvalue weighted by Gasteiger charge is -2.19. The lowest BCUT2D eigenvalue weighted by Crippen LogP contribution is -2.43. The van der Waals surface area contributed by atoms with E-state index in [4.69, 9.17) is 4.74 Å². The minimum Gasteiger partial charge on any atom is -0.497 e. The number of ether oxygens (including phenoxy) is 2. The number of halogens is 2. The lowest BCUT2D eigenvalue weighted by atomic mass is 10.2. The summed E-state index contributed by atoms with van der Waals surface area (Å²) < 4.78 is 35.0. The van der Waals surface area contributed by atoms with Gasteiger partial charge in [0.2, 0.25) is 5.91 Å². The van der Waals surface area contributed by atoms with Crippen LogP contribution in [0.1, 0.15) is 11.3 Å². The number of likely N-dealkylation sites (N-methyl/N-ethyl adjacent to an activating group) is 1. The van der Waals surface area contributed by atoms with Crippen LogP contribution in [0.3, 0.4) is 0 Å². The van der Waals surface area contributed by atoms with E-state index in [1.165, 1.54) is 19.2 Å². The molecule has 0 aliphatic rings.